The molecule has 0 fully saturated rings. The molecule has 0 spiro atoms. The van der Waals surface area contributed by atoms with Crippen molar-refractivity contribution in [2.24, 2.45) is 0 Å². The second-order valence-corrected chi connectivity index (χ2v) is 6.39. The van der Waals surface area contributed by atoms with Gasteiger partial charge in [-0.25, -0.2) is 10.5 Å². The van der Waals surface area contributed by atoms with E-state index in [1.807, 2.05) is 72.8 Å². The summed E-state index contributed by atoms with van der Waals surface area (Å²) < 4.78 is 7.37. The number of ether oxygens (including phenoxy) is 1. The molecule has 0 aliphatic heterocycles. The number of imidazole rings is 1. The second-order valence-electron chi connectivity index (χ2n) is 6.39. The SMILES string of the molecule is COc1ccc(-n2c(-c3cccc(C=CC(=O)NO)c3)nc3ccccc32)cc1. The maximum atomic E-state index is 11.3. The van der Waals surface area contributed by atoms with Crippen molar-refractivity contribution in [3.8, 4) is 22.8 Å². The lowest BCUT2D eigenvalue weighted by molar-refractivity contribution is -0.124. The number of fused-ring (bicyclic) bond motifs is 1. The van der Waals surface area contributed by atoms with E-state index in [-0.39, 0.29) is 0 Å². The Morgan fingerprint density at radius 3 is 2.62 bits per heavy atom. The first-order valence-corrected chi connectivity index (χ1v) is 9.04. The largest absolute Gasteiger partial charge is 0.497 e. The van der Waals surface area contributed by atoms with E-state index < -0.39 is 5.91 Å². The smallest absolute Gasteiger partial charge is 0.267 e. The first-order valence-electron chi connectivity index (χ1n) is 9.04. The number of amides is 1. The Morgan fingerprint density at radius 1 is 1.07 bits per heavy atom. The molecule has 0 unspecified atom stereocenters. The molecular weight excluding hydrogens is 366 g/mol. The Hall–Kier alpha value is -3.90. The van der Waals surface area contributed by atoms with Crippen molar-refractivity contribution < 1.29 is 14.7 Å². The fraction of sp³-hybridized carbons (Fsp3) is 0.0435. The zero-order valence-corrected chi connectivity index (χ0v) is 15.7. The van der Waals surface area contributed by atoms with E-state index in [9.17, 15) is 4.79 Å². The summed E-state index contributed by atoms with van der Waals surface area (Å²) in [6.07, 6.45) is 2.90. The van der Waals surface area contributed by atoms with Gasteiger partial charge < -0.3 is 4.74 Å². The number of carbonyl (C=O) groups excluding carboxylic acids is 1. The van der Waals surface area contributed by atoms with Crippen molar-refractivity contribution in [3.05, 3.63) is 84.4 Å². The summed E-state index contributed by atoms with van der Waals surface area (Å²) in [5.74, 6) is 0.994. The Kier molecular flexibility index (Phi) is 5.09. The van der Waals surface area contributed by atoms with Crippen molar-refractivity contribution in [2.75, 3.05) is 7.11 Å². The minimum Gasteiger partial charge on any atom is -0.497 e. The summed E-state index contributed by atoms with van der Waals surface area (Å²) in [5, 5.41) is 8.65. The van der Waals surface area contributed by atoms with Crippen LogP contribution >= 0.6 is 0 Å². The van der Waals surface area contributed by atoms with Gasteiger partial charge in [-0.2, -0.15) is 0 Å². The monoisotopic (exact) mass is 385 g/mol. The average Bonchev–Trinajstić information content (AvgIpc) is 3.17. The van der Waals surface area contributed by atoms with Crippen LogP contribution in [0.25, 0.3) is 34.2 Å². The van der Waals surface area contributed by atoms with Crippen LogP contribution in [0.1, 0.15) is 5.56 Å². The van der Waals surface area contributed by atoms with Gasteiger partial charge in [0.2, 0.25) is 0 Å². The number of hydrogen-bond acceptors (Lipinski definition) is 4. The fourth-order valence-corrected chi connectivity index (χ4v) is 3.20. The molecule has 3 aromatic carbocycles. The molecule has 1 aromatic heterocycles. The molecule has 29 heavy (non-hydrogen) atoms. The highest BCUT2D eigenvalue weighted by Crippen LogP contribution is 2.30. The van der Waals surface area contributed by atoms with Gasteiger partial charge in [0.25, 0.3) is 5.91 Å². The number of nitrogens with one attached hydrogen (secondary N) is 1. The third-order valence-electron chi connectivity index (χ3n) is 4.57. The summed E-state index contributed by atoms with van der Waals surface area (Å²) in [6.45, 7) is 0. The van der Waals surface area contributed by atoms with Crippen molar-refractivity contribution in [1.29, 1.82) is 0 Å². The topological polar surface area (TPSA) is 76.4 Å². The number of hydroxylamine groups is 1. The predicted molar refractivity (Wildman–Crippen MR) is 112 cm³/mol. The van der Waals surface area contributed by atoms with Crippen LogP contribution < -0.4 is 10.2 Å². The first-order chi connectivity index (χ1) is 14.2. The zero-order valence-electron chi connectivity index (χ0n) is 15.7. The summed E-state index contributed by atoms with van der Waals surface area (Å²) in [6, 6.07) is 23.5. The lowest BCUT2D eigenvalue weighted by Crippen LogP contribution is -2.14. The molecule has 4 aromatic rings. The quantitative estimate of drug-likeness (QED) is 0.306. The standard InChI is InChI=1S/C23H19N3O3/c1-29-19-12-10-18(11-13-19)26-21-8-3-2-7-20(21)24-23(26)17-6-4-5-16(15-17)9-14-22(27)25-28/h2-15,28H,1H3,(H,25,27). The molecule has 0 saturated carbocycles. The van der Waals surface area contributed by atoms with Crippen LogP contribution in [-0.2, 0) is 4.79 Å². The van der Waals surface area contributed by atoms with Crippen molar-refractivity contribution in [2.45, 2.75) is 0 Å². The number of hydrogen-bond donors (Lipinski definition) is 2. The van der Waals surface area contributed by atoms with E-state index >= 15 is 0 Å². The van der Waals surface area contributed by atoms with Gasteiger partial charge in [-0.1, -0.05) is 30.3 Å². The number of carbonyl (C=O) groups is 1. The van der Waals surface area contributed by atoms with E-state index in [1.54, 1.807) is 18.7 Å². The number of benzene rings is 3. The molecule has 0 bridgehead atoms. The highest BCUT2D eigenvalue weighted by molar-refractivity contribution is 5.91. The Labute approximate surface area is 167 Å². The highest BCUT2D eigenvalue weighted by atomic mass is 16.5. The van der Waals surface area contributed by atoms with Crippen LogP contribution in [0.4, 0.5) is 0 Å². The molecule has 0 aliphatic rings. The van der Waals surface area contributed by atoms with Gasteiger partial charge in [0.05, 0.1) is 18.1 Å². The number of para-hydroxylation sites is 2. The molecule has 6 nitrogen and oxygen atoms in total. The number of rotatable bonds is 5. The van der Waals surface area contributed by atoms with Crippen LogP contribution in [0.2, 0.25) is 0 Å². The molecule has 6 heteroatoms. The molecule has 0 atom stereocenters. The lowest BCUT2D eigenvalue weighted by Gasteiger charge is -2.11. The Bertz CT molecular complexity index is 1190. The normalized spacial score (nSPS) is 11.1. The van der Waals surface area contributed by atoms with Gasteiger partial charge >= 0.3 is 0 Å². The van der Waals surface area contributed by atoms with Crippen LogP contribution in [-0.4, -0.2) is 27.8 Å². The summed E-state index contributed by atoms with van der Waals surface area (Å²) in [4.78, 5) is 16.1. The van der Waals surface area contributed by atoms with Crippen molar-refractivity contribution in [1.82, 2.24) is 15.0 Å². The molecule has 2 N–H and O–H groups in total. The second kappa shape index (κ2) is 8.00. The third kappa shape index (κ3) is 3.74. The van der Waals surface area contributed by atoms with Gasteiger partial charge in [-0.05, 0) is 54.1 Å². The molecule has 0 aliphatic carbocycles. The Balaban J connectivity index is 1.86. The van der Waals surface area contributed by atoms with Gasteiger partial charge in [0.15, 0.2) is 0 Å². The molecule has 1 amide bonds. The molecule has 4 rings (SSSR count). The molecule has 0 radical (unpaired) electrons. The average molecular weight is 385 g/mol. The van der Waals surface area contributed by atoms with Crippen molar-refractivity contribution in [3.63, 3.8) is 0 Å². The molecule has 1 heterocycles. The van der Waals surface area contributed by atoms with E-state index in [4.69, 9.17) is 14.9 Å². The lowest BCUT2D eigenvalue weighted by atomic mass is 10.1. The summed E-state index contributed by atoms with van der Waals surface area (Å²) in [5.41, 5.74) is 6.16. The van der Waals surface area contributed by atoms with Crippen molar-refractivity contribution >= 4 is 23.0 Å². The number of methoxy groups -OCH3 is 1. The summed E-state index contributed by atoms with van der Waals surface area (Å²) in [7, 11) is 1.64. The zero-order chi connectivity index (χ0) is 20.2. The maximum absolute atomic E-state index is 11.3. The van der Waals surface area contributed by atoms with Crippen LogP contribution in [0, 0.1) is 0 Å². The van der Waals surface area contributed by atoms with Crippen LogP contribution in [0.5, 0.6) is 5.75 Å². The van der Waals surface area contributed by atoms with E-state index in [2.05, 4.69) is 4.57 Å². The molecule has 144 valence electrons. The van der Waals surface area contributed by atoms with Gasteiger partial charge in [0, 0.05) is 17.3 Å². The minimum absolute atomic E-state index is 0.583. The Morgan fingerprint density at radius 2 is 1.86 bits per heavy atom. The maximum Gasteiger partial charge on any atom is 0.267 e. The van der Waals surface area contributed by atoms with E-state index in [1.165, 1.54) is 6.08 Å². The van der Waals surface area contributed by atoms with Crippen LogP contribution in [0.3, 0.4) is 0 Å². The van der Waals surface area contributed by atoms with Gasteiger partial charge in [0.1, 0.15) is 11.6 Å². The number of aromatic nitrogens is 2. The molecule has 0 saturated heterocycles. The summed E-state index contributed by atoms with van der Waals surface area (Å²) >= 11 is 0. The van der Waals surface area contributed by atoms with E-state index in [0.717, 1.165) is 39.4 Å². The predicted octanol–water partition coefficient (Wildman–Crippen LogP) is 4.22. The number of nitrogens with zero attached hydrogens (tertiary/aromatic N) is 2. The highest BCUT2D eigenvalue weighted by Gasteiger charge is 2.14. The van der Waals surface area contributed by atoms with E-state index in [0.29, 0.717) is 0 Å². The van der Waals surface area contributed by atoms with Crippen LogP contribution in [0.15, 0.2) is 78.9 Å². The van der Waals surface area contributed by atoms with Gasteiger partial charge in [-0.15, -0.1) is 0 Å². The molecular formula is C23H19N3O3. The fourth-order valence-electron chi connectivity index (χ4n) is 3.20. The first kappa shape index (κ1) is 18.5. The third-order valence-corrected chi connectivity index (χ3v) is 4.57. The minimum atomic E-state index is -0.583. The van der Waals surface area contributed by atoms with Gasteiger partial charge in [-0.3, -0.25) is 14.6 Å².